The topological polar surface area (TPSA) is 76.4 Å². The second-order valence-corrected chi connectivity index (χ2v) is 6.46. The van der Waals surface area contributed by atoms with Crippen LogP contribution in [0.25, 0.3) is 0 Å². The van der Waals surface area contributed by atoms with E-state index in [0.717, 1.165) is 16.3 Å². The second kappa shape index (κ2) is 7.97. The lowest BCUT2D eigenvalue weighted by Gasteiger charge is -2.12. The van der Waals surface area contributed by atoms with Gasteiger partial charge in [-0.1, -0.05) is 17.3 Å². The van der Waals surface area contributed by atoms with Crippen LogP contribution in [0.15, 0.2) is 57.9 Å². The molecule has 0 saturated carbocycles. The molecule has 0 aliphatic heterocycles. The van der Waals surface area contributed by atoms with Crippen LogP contribution in [0.5, 0.6) is 5.75 Å². The third-order valence-electron chi connectivity index (χ3n) is 3.77. The van der Waals surface area contributed by atoms with E-state index in [-0.39, 0.29) is 5.91 Å². The first-order valence-electron chi connectivity index (χ1n) is 7.98. The van der Waals surface area contributed by atoms with Gasteiger partial charge in [0.05, 0.1) is 24.2 Å². The zero-order chi connectivity index (χ0) is 18.5. The largest absolute Gasteiger partial charge is 0.497 e. The lowest BCUT2D eigenvalue weighted by atomic mass is 10.2. The molecule has 0 unspecified atom stereocenters. The molecule has 0 radical (unpaired) electrons. The molecule has 6 nitrogen and oxygen atoms in total. The van der Waals surface area contributed by atoms with E-state index in [0.29, 0.717) is 22.7 Å². The number of amides is 1. The minimum absolute atomic E-state index is 0.245. The number of ether oxygens (including phenoxy) is 1. The van der Waals surface area contributed by atoms with Gasteiger partial charge >= 0.3 is 0 Å². The van der Waals surface area contributed by atoms with Crippen LogP contribution in [-0.2, 0) is 0 Å². The van der Waals surface area contributed by atoms with Crippen LogP contribution < -0.4 is 14.8 Å². The van der Waals surface area contributed by atoms with Crippen LogP contribution in [0.3, 0.4) is 0 Å². The second-order valence-electron chi connectivity index (χ2n) is 5.58. The Bertz CT molecular complexity index is 887. The van der Waals surface area contributed by atoms with Crippen LogP contribution in [-0.4, -0.2) is 18.2 Å². The number of carbonyl (C=O) groups excluding carboxylic acids is 1. The summed E-state index contributed by atoms with van der Waals surface area (Å²) in [5.74, 6) is 1.06. The molecule has 3 rings (SSSR count). The number of anilines is 2. The maximum absolute atomic E-state index is 12.6. The van der Waals surface area contributed by atoms with Gasteiger partial charge in [0.25, 0.3) is 5.91 Å². The van der Waals surface area contributed by atoms with Crippen LogP contribution in [0, 0.1) is 13.8 Å². The lowest BCUT2D eigenvalue weighted by molar-refractivity contribution is 0.102. The molecule has 2 N–H and O–H groups in total. The smallest absolute Gasteiger partial charge is 0.261 e. The first-order chi connectivity index (χ1) is 12.6. The van der Waals surface area contributed by atoms with E-state index in [1.165, 1.54) is 11.9 Å². The Kier molecular flexibility index (Phi) is 5.48. The molecule has 2 aromatic carbocycles. The molecular formula is C19H19N3O3S. The average molecular weight is 369 g/mol. The van der Waals surface area contributed by atoms with Crippen molar-refractivity contribution in [3.05, 3.63) is 65.5 Å². The number of hydrogen-bond donors (Lipinski definition) is 2. The van der Waals surface area contributed by atoms with E-state index in [9.17, 15) is 4.79 Å². The molecule has 0 saturated heterocycles. The van der Waals surface area contributed by atoms with Crippen molar-refractivity contribution < 1.29 is 14.1 Å². The van der Waals surface area contributed by atoms with Gasteiger partial charge in [-0.25, -0.2) is 0 Å². The maximum Gasteiger partial charge on any atom is 0.261 e. The third kappa shape index (κ3) is 4.00. The number of benzene rings is 2. The summed E-state index contributed by atoms with van der Waals surface area (Å²) in [6.07, 6.45) is 0. The molecule has 0 atom stereocenters. The normalized spacial score (nSPS) is 10.4. The van der Waals surface area contributed by atoms with Gasteiger partial charge in [0, 0.05) is 4.90 Å². The van der Waals surface area contributed by atoms with Gasteiger partial charge in [-0.3, -0.25) is 4.79 Å². The molecule has 0 aliphatic carbocycles. The number of aromatic nitrogens is 1. The molecule has 3 aromatic rings. The average Bonchev–Trinajstić information content (AvgIpc) is 3.00. The van der Waals surface area contributed by atoms with Gasteiger partial charge < -0.3 is 19.3 Å². The Labute approximate surface area is 156 Å². The number of aryl methyl sites for hydroxylation is 2. The summed E-state index contributed by atoms with van der Waals surface area (Å²) >= 11 is 1.45. The van der Waals surface area contributed by atoms with Gasteiger partial charge in [-0.15, -0.1) is 0 Å². The summed E-state index contributed by atoms with van der Waals surface area (Å²) in [6.45, 7) is 3.47. The van der Waals surface area contributed by atoms with E-state index in [1.807, 2.05) is 48.5 Å². The van der Waals surface area contributed by atoms with Crippen LogP contribution in [0.2, 0.25) is 0 Å². The number of carbonyl (C=O) groups is 1. The Hall–Kier alpha value is -2.93. The monoisotopic (exact) mass is 369 g/mol. The highest BCUT2D eigenvalue weighted by Gasteiger charge is 2.18. The van der Waals surface area contributed by atoms with Gasteiger partial charge in [-0.2, -0.15) is 0 Å². The summed E-state index contributed by atoms with van der Waals surface area (Å²) in [6, 6.07) is 15.2. The Morgan fingerprint density at radius 3 is 2.38 bits per heavy atom. The number of para-hydroxylation sites is 2. The van der Waals surface area contributed by atoms with E-state index in [1.54, 1.807) is 21.0 Å². The molecule has 1 amide bonds. The quantitative estimate of drug-likeness (QED) is 0.615. The summed E-state index contributed by atoms with van der Waals surface area (Å²) in [5, 5.41) is 6.74. The molecule has 0 bridgehead atoms. The first-order valence-corrected chi connectivity index (χ1v) is 8.80. The van der Waals surface area contributed by atoms with E-state index < -0.39 is 0 Å². The number of hydrogen-bond acceptors (Lipinski definition) is 6. The zero-order valence-corrected chi connectivity index (χ0v) is 15.5. The fourth-order valence-electron chi connectivity index (χ4n) is 2.43. The Morgan fingerprint density at radius 2 is 1.77 bits per heavy atom. The van der Waals surface area contributed by atoms with Crippen molar-refractivity contribution in [2.24, 2.45) is 0 Å². The standard InChI is InChI=1S/C19H19N3O3S/c1-12-18(13(2)25-21-12)19(23)20-16-6-4-5-7-17(16)22-26-15-10-8-14(24-3)9-11-15/h4-11,22H,1-3H3,(H,20,23). The number of nitrogens with one attached hydrogen (secondary N) is 2. The summed E-state index contributed by atoms with van der Waals surface area (Å²) in [7, 11) is 1.64. The van der Waals surface area contributed by atoms with E-state index in [4.69, 9.17) is 9.26 Å². The molecule has 0 fully saturated rings. The predicted octanol–water partition coefficient (Wildman–Crippen LogP) is 4.67. The molecule has 1 aromatic heterocycles. The molecule has 26 heavy (non-hydrogen) atoms. The Balaban J connectivity index is 1.72. The minimum Gasteiger partial charge on any atom is -0.497 e. The van der Waals surface area contributed by atoms with Crippen LogP contribution in [0.4, 0.5) is 11.4 Å². The van der Waals surface area contributed by atoms with Crippen molar-refractivity contribution in [1.29, 1.82) is 0 Å². The molecule has 7 heteroatoms. The summed E-state index contributed by atoms with van der Waals surface area (Å²) < 4.78 is 13.5. The highest BCUT2D eigenvalue weighted by Crippen LogP contribution is 2.29. The molecule has 1 heterocycles. The highest BCUT2D eigenvalue weighted by molar-refractivity contribution is 8.00. The van der Waals surface area contributed by atoms with E-state index >= 15 is 0 Å². The highest BCUT2D eigenvalue weighted by atomic mass is 32.2. The van der Waals surface area contributed by atoms with Crippen molar-refractivity contribution in [1.82, 2.24) is 5.16 Å². The zero-order valence-electron chi connectivity index (χ0n) is 14.7. The number of methoxy groups -OCH3 is 1. The van der Waals surface area contributed by atoms with Crippen molar-refractivity contribution in [3.63, 3.8) is 0 Å². The van der Waals surface area contributed by atoms with Crippen LogP contribution >= 0.6 is 11.9 Å². The van der Waals surface area contributed by atoms with Gasteiger partial charge in [0.1, 0.15) is 17.1 Å². The summed E-state index contributed by atoms with van der Waals surface area (Å²) in [5.41, 5.74) is 2.51. The molecule has 0 spiro atoms. The predicted molar refractivity (Wildman–Crippen MR) is 103 cm³/mol. The molecule has 134 valence electrons. The SMILES string of the molecule is COc1ccc(SNc2ccccc2NC(=O)c2c(C)noc2C)cc1. The minimum atomic E-state index is -0.245. The van der Waals surface area contributed by atoms with Gasteiger partial charge in [0.15, 0.2) is 0 Å². The fourth-order valence-corrected chi connectivity index (χ4v) is 3.11. The third-order valence-corrected chi connectivity index (χ3v) is 4.60. The fraction of sp³-hybridized carbons (Fsp3) is 0.158. The van der Waals surface area contributed by atoms with Gasteiger partial charge in [-0.05, 0) is 62.2 Å². The van der Waals surface area contributed by atoms with Gasteiger partial charge in [0.2, 0.25) is 0 Å². The Morgan fingerprint density at radius 1 is 1.08 bits per heavy atom. The van der Waals surface area contributed by atoms with Crippen molar-refractivity contribution in [3.8, 4) is 5.75 Å². The van der Waals surface area contributed by atoms with E-state index in [2.05, 4.69) is 15.2 Å². The first kappa shape index (κ1) is 17.9. The molecular weight excluding hydrogens is 350 g/mol. The number of rotatable bonds is 6. The van der Waals surface area contributed by atoms with Crippen molar-refractivity contribution in [2.45, 2.75) is 18.7 Å². The summed E-state index contributed by atoms with van der Waals surface area (Å²) in [4.78, 5) is 13.6. The molecule has 0 aliphatic rings. The van der Waals surface area contributed by atoms with Crippen molar-refractivity contribution >= 4 is 29.2 Å². The van der Waals surface area contributed by atoms with Crippen molar-refractivity contribution in [2.75, 3.05) is 17.1 Å². The number of nitrogens with zero attached hydrogens (tertiary/aromatic N) is 1. The maximum atomic E-state index is 12.6. The lowest BCUT2D eigenvalue weighted by Crippen LogP contribution is -2.14. The van der Waals surface area contributed by atoms with Crippen LogP contribution in [0.1, 0.15) is 21.8 Å².